The Bertz CT molecular complexity index is 1180. The van der Waals surface area contributed by atoms with Gasteiger partial charge in [-0.15, -0.1) is 0 Å². The van der Waals surface area contributed by atoms with Crippen LogP contribution in [0.2, 0.25) is 0 Å². The van der Waals surface area contributed by atoms with Crippen LogP contribution in [0.25, 0.3) is 0 Å². The molecule has 4 rings (SSSR count). The van der Waals surface area contributed by atoms with Gasteiger partial charge in [-0.05, 0) is 73.7 Å². The first-order valence-corrected chi connectivity index (χ1v) is 11.0. The smallest absolute Gasteiger partial charge is 0.335 e. The SMILES string of the molecule is COc1ccc(N(Cc2cccc(C#N)c2)c2cccc(C(=O)O)c2)cc1OC1CCCC1. The monoisotopic (exact) mass is 442 g/mol. The zero-order valence-electron chi connectivity index (χ0n) is 18.5. The minimum atomic E-state index is -0.983. The highest BCUT2D eigenvalue weighted by Gasteiger charge is 2.20. The summed E-state index contributed by atoms with van der Waals surface area (Å²) >= 11 is 0. The van der Waals surface area contributed by atoms with Gasteiger partial charge in [0.15, 0.2) is 11.5 Å². The normalized spacial score (nSPS) is 13.3. The summed E-state index contributed by atoms with van der Waals surface area (Å²) in [6, 6.07) is 22.2. The van der Waals surface area contributed by atoms with Gasteiger partial charge in [-0.25, -0.2) is 4.79 Å². The standard InChI is InChI=1S/C27H26N2O4/c1-32-25-13-12-23(16-26(25)33-24-10-2-3-11-24)29(18-20-7-4-6-19(14-20)17-28)22-9-5-8-21(15-22)27(30)31/h4-9,12-16,24H,2-3,10-11,18H2,1H3,(H,30,31). The Balaban J connectivity index is 1.75. The molecule has 6 heteroatoms. The molecule has 1 saturated carbocycles. The minimum absolute atomic E-state index is 0.172. The van der Waals surface area contributed by atoms with E-state index < -0.39 is 5.97 Å². The van der Waals surface area contributed by atoms with Gasteiger partial charge in [0.2, 0.25) is 0 Å². The van der Waals surface area contributed by atoms with Crippen LogP contribution in [0, 0.1) is 11.3 Å². The Labute approximate surface area is 193 Å². The van der Waals surface area contributed by atoms with Crippen molar-refractivity contribution in [2.24, 2.45) is 0 Å². The van der Waals surface area contributed by atoms with E-state index in [0.717, 1.165) is 42.6 Å². The lowest BCUT2D eigenvalue weighted by Crippen LogP contribution is -2.18. The number of aromatic carboxylic acids is 1. The molecule has 33 heavy (non-hydrogen) atoms. The number of nitriles is 1. The number of rotatable bonds is 8. The highest BCUT2D eigenvalue weighted by atomic mass is 16.5. The second kappa shape index (κ2) is 10.1. The lowest BCUT2D eigenvalue weighted by Gasteiger charge is -2.27. The zero-order valence-corrected chi connectivity index (χ0v) is 18.5. The minimum Gasteiger partial charge on any atom is -0.493 e. The highest BCUT2D eigenvalue weighted by molar-refractivity contribution is 5.89. The van der Waals surface area contributed by atoms with Crippen LogP contribution in [0.15, 0.2) is 66.7 Å². The van der Waals surface area contributed by atoms with Crippen molar-refractivity contribution in [3.8, 4) is 17.6 Å². The fraction of sp³-hybridized carbons (Fsp3) is 0.259. The van der Waals surface area contributed by atoms with Gasteiger partial charge in [0.25, 0.3) is 0 Å². The van der Waals surface area contributed by atoms with E-state index in [1.807, 2.05) is 47.4 Å². The number of hydrogen-bond acceptors (Lipinski definition) is 5. The molecule has 3 aromatic carbocycles. The predicted octanol–water partition coefficient (Wildman–Crippen LogP) is 5.92. The van der Waals surface area contributed by atoms with Gasteiger partial charge < -0.3 is 19.5 Å². The van der Waals surface area contributed by atoms with Crippen molar-refractivity contribution in [3.05, 3.63) is 83.4 Å². The number of ether oxygens (including phenoxy) is 2. The summed E-state index contributed by atoms with van der Waals surface area (Å²) in [5.41, 5.74) is 3.29. The van der Waals surface area contributed by atoms with Crippen molar-refractivity contribution in [1.29, 1.82) is 5.26 Å². The third-order valence-electron chi connectivity index (χ3n) is 5.86. The molecule has 1 fully saturated rings. The molecular weight excluding hydrogens is 416 g/mol. The second-order valence-electron chi connectivity index (χ2n) is 8.11. The number of carboxylic acid groups (broad SMARTS) is 1. The largest absolute Gasteiger partial charge is 0.493 e. The molecule has 0 aliphatic heterocycles. The third-order valence-corrected chi connectivity index (χ3v) is 5.86. The van der Waals surface area contributed by atoms with Crippen LogP contribution in [0.4, 0.5) is 11.4 Å². The first-order valence-electron chi connectivity index (χ1n) is 11.0. The molecule has 0 heterocycles. The lowest BCUT2D eigenvalue weighted by atomic mass is 10.1. The lowest BCUT2D eigenvalue weighted by molar-refractivity contribution is 0.0697. The Hall–Kier alpha value is -3.98. The number of benzene rings is 3. The molecule has 0 saturated heterocycles. The summed E-state index contributed by atoms with van der Waals surface area (Å²) in [4.78, 5) is 13.6. The Morgan fingerprint density at radius 2 is 1.79 bits per heavy atom. The first kappa shape index (κ1) is 22.2. The number of anilines is 2. The summed E-state index contributed by atoms with van der Waals surface area (Å²) in [5, 5.41) is 18.8. The number of hydrogen-bond donors (Lipinski definition) is 1. The summed E-state index contributed by atoms with van der Waals surface area (Å²) in [7, 11) is 1.62. The average Bonchev–Trinajstić information content (AvgIpc) is 3.36. The summed E-state index contributed by atoms with van der Waals surface area (Å²) in [6.07, 6.45) is 4.55. The summed E-state index contributed by atoms with van der Waals surface area (Å²) < 4.78 is 11.8. The van der Waals surface area contributed by atoms with E-state index in [1.165, 1.54) is 0 Å². The van der Waals surface area contributed by atoms with Crippen molar-refractivity contribution in [1.82, 2.24) is 0 Å². The maximum Gasteiger partial charge on any atom is 0.335 e. The van der Waals surface area contributed by atoms with E-state index in [0.29, 0.717) is 23.6 Å². The van der Waals surface area contributed by atoms with Crippen molar-refractivity contribution < 1.29 is 19.4 Å². The average molecular weight is 443 g/mol. The van der Waals surface area contributed by atoms with Gasteiger partial charge >= 0.3 is 5.97 Å². The number of methoxy groups -OCH3 is 1. The molecule has 0 bridgehead atoms. The van der Waals surface area contributed by atoms with Crippen LogP contribution >= 0.6 is 0 Å². The summed E-state index contributed by atoms with van der Waals surface area (Å²) in [6.45, 7) is 0.452. The van der Waals surface area contributed by atoms with Gasteiger partial charge in [0.1, 0.15) is 0 Å². The van der Waals surface area contributed by atoms with Gasteiger partial charge in [-0.2, -0.15) is 5.26 Å². The van der Waals surface area contributed by atoms with Crippen LogP contribution < -0.4 is 14.4 Å². The Morgan fingerprint density at radius 1 is 1.03 bits per heavy atom. The fourth-order valence-electron chi connectivity index (χ4n) is 4.17. The molecule has 0 radical (unpaired) electrons. The van der Waals surface area contributed by atoms with E-state index in [-0.39, 0.29) is 11.7 Å². The van der Waals surface area contributed by atoms with E-state index >= 15 is 0 Å². The molecule has 0 amide bonds. The van der Waals surface area contributed by atoms with Gasteiger partial charge in [-0.3, -0.25) is 0 Å². The van der Waals surface area contributed by atoms with E-state index in [9.17, 15) is 15.2 Å². The highest BCUT2D eigenvalue weighted by Crippen LogP contribution is 2.38. The van der Waals surface area contributed by atoms with E-state index in [2.05, 4.69) is 6.07 Å². The van der Waals surface area contributed by atoms with Crippen molar-refractivity contribution in [3.63, 3.8) is 0 Å². The first-order chi connectivity index (χ1) is 16.1. The van der Waals surface area contributed by atoms with Crippen molar-refractivity contribution >= 4 is 17.3 Å². The molecule has 0 unspecified atom stereocenters. The topological polar surface area (TPSA) is 82.8 Å². The number of nitrogens with zero attached hydrogens (tertiary/aromatic N) is 2. The third kappa shape index (κ3) is 5.27. The molecule has 168 valence electrons. The molecule has 0 aromatic heterocycles. The van der Waals surface area contributed by atoms with E-state index in [1.54, 1.807) is 31.4 Å². The van der Waals surface area contributed by atoms with Crippen LogP contribution in [0.3, 0.4) is 0 Å². The molecule has 1 N–H and O–H groups in total. The molecule has 3 aromatic rings. The maximum atomic E-state index is 11.6. The maximum absolute atomic E-state index is 11.6. The number of carbonyl (C=O) groups is 1. The van der Waals surface area contributed by atoms with Gasteiger partial charge in [0.05, 0.1) is 30.4 Å². The Kier molecular flexibility index (Phi) is 6.80. The molecule has 0 atom stereocenters. The molecule has 1 aliphatic rings. The predicted molar refractivity (Wildman–Crippen MR) is 126 cm³/mol. The second-order valence-corrected chi connectivity index (χ2v) is 8.11. The van der Waals surface area contributed by atoms with Crippen LogP contribution in [-0.2, 0) is 6.54 Å². The summed E-state index contributed by atoms with van der Waals surface area (Å²) in [5.74, 6) is 0.353. The van der Waals surface area contributed by atoms with Crippen LogP contribution in [-0.4, -0.2) is 24.3 Å². The Morgan fingerprint density at radius 3 is 2.52 bits per heavy atom. The molecule has 0 spiro atoms. The van der Waals surface area contributed by atoms with Crippen LogP contribution in [0.5, 0.6) is 11.5 Å². The van der Waals surface area contributed by atoms with Crippen molar-refractivity contribution in [2.75, 3.05) is 12.0 Å². The quantitative estimate of drug-likeness (QED) is 0.466. The van der Waals surface area contributed by atoms with Gasteiger partial charge in [0, 0.05) is 24.0 Å². The zero-order chi connectivity index (χ0) is 23.2. The van der Waals surface area contributed by atoms with Gasteiger partial charge in [-0.1, -0.05) is 18.2 Å². The molecule has 1 aliphatic carbocycles. The fourth-order valence-corrected chi connectivity index (χ4v) is 4.17. The number of carboxylic acids is 1. The van der Waals surface area contributed by atoms with Crippen molar-refractivity contribution in [2.45, 2.75) is 38.3 Å². The molecule has 6 nitrogen and oxygen atoms in total. The molecular formula is C27H26N2O4. The van der Waals surface area contributed by atoms with E-state index in [4.69, 9.17) is 9.47 Å². The van der Waals surface area contributed by atoms with Crippen LogP contribution in [0.1, 0.15) is 47.2 Å².